The highest BCUT2D eigenvalue weighted by atomic mass is 15.0. The Morgan fingerprint density at radius 1 is 0.333 bits per heavy atom. The molecule has 0 spiro atoms. The molecule has 7 aromatic carbocycles. The van der Waals surface area contributed by atoms with Crippen LogP contribution >= 0.6 is 0 Å². The number of hydrogen-bond donors (Lipinski definition) is 0. The zero-order valence-electron chi connectivity index (χ0n) is 26.0. The van der Waals surface area contributed by atoms with Crippen molar-refractivity contribution in [1.82, 2.24) is 19.1 Å². The molecule has 0 radical (unpaired) electrons. The Bertz CT molecular complexity index is 2830. The minimum atomic E-state index is 0.871. The van der Waals surface area contributed by atoms with Gasteiger partial charge in [-0.2, -0.15) is 0 Å². The fourth-order valence-corrected chi connectivity index (χ4v) is 7.44. The molecule has 48 heavy (non-hydrogen) atoms. The molecule has 3 aromatic heterocycles. The van der Waals surface area contributed by atoms with E-state index in [1.807, 2.05) is 30.3 Å². The van der Waals surface area contributed by atoms with Crippen molar-refractivity contribution in [3.63, 3.8) is 0 Å². The van der Waals surface area contributed by atoms with Crippen LogP contribution in [0, 0.1) is 0 Å². The van der Waals surface area contributed by atoms with Crippen molar-refractivity contribution in [2.45, 2.75) is 0 Å². The average Bonchev–Trinajstić information content (AvgIpc) is 3.68. The van der Waals surface area contributed by atoms with Crippen LogP contribution in [0.5, 0.6) is 0 Å². The summed E-state index contributed by atoms with van der Waals surface area (Å²) in [5, 5.41) is 5.01. The molecule has 0 N–H and O–H groups in total. The highest BCUT2D eigenvalue weighted by molar-refractivity contribution is 6.28. The van der Waals surface area contributed by atoms with E-state index in [2.05, 4.69) is 149 Å². The Hall–Kier alpha value is -6.52. The molecular weight excluding hydrogens is 585 g/mol. The van der Waals surface area contributed by atoms with Gasteiger partial charge in [-0.15, -0.1) is 0 Å². The number of para-hydroxylation sites is 5. The number of benzene rings is 7. The maximum atomic E-state index is 5.20. The van der Waals surface area contributed by atoms with Crippen molar-refractivity contribution in [2.24, 2.45) is 0 Å². The topological polar surface area (TPSA) is 35.6 Å². The van der Waals surface area contributed by atoms with Crippen LogP contribution in [0.15, 0.2) is 170 Å². The zero-order chi connectivity index (χ0) is 31.6. The molecule has 224 valence electrons. The molecule has 0 aliphatic carbocycles. The molecule has 0 aliphatic rings. The molecule has 4 nitrogen and oxygen atoms in total. The van der Waals surface area contributed by atoms with Crippen LogP contribution in [0.25, 0.3) is 88.5 Å². The summed E-state index contributed by atoms with van der Waals surface area (Å²) < 4.78 is 4.79. The second-order valence-corrected chi connectivity index (χ2v) is 12.2. The lowest BCUT2D eigenvalue weighted by Gasteiger charge is -2.13. The Kier molecular flexibility index (Phi) is 5.84. The highest BCUT2D eigenvalue weighted by Gasteiger charge is 2.21. The second kappa shape index (κ2) is 10.5. The van der Waals surface area contributed by atoms with E-state index in [-0.39, 0.29) is 0 Å². The molecule has 0 unspecified atom stereocenters. The van der Waals surface area contributed by atoms with Gasteiger partial charge < -0.3 is 9.13 Å². The number of aromatic nitrogens is 4. The van der Waals surface area contributed by atoms with Crippen LogP contribution in [0.1, 0.15) is 0 Å². The first kappa shape index (κ1) is 26.7. The van der Waals surface area contributed by atoms with E-state index in [0.29, 0.717) is 0 Å². The molecular formula is C44H28N4. The van der Waals surface area contributed by atoms with Gasteiger partial charge in [0.2, 0.25) is 0 Å². The van der Waals surface area contributed by atoms with E-state index in [1.54, 1.807) is 0 Å². The van der Waals surface area contributed by atoms with E-state index in [1.165, 1.54) is 43.6 Å². The van der Waals surface area contributed by atoms with Gasteiger partial charge in [0.15, 0.2) is 0 Å². The van der Waals surface area contributed by atoms with Gasteiger partial charge in [0, 0.05) is 44.0 Å². The first-order valence-corrected chi connectivity index (χ1v) is 16.3. The molecule has 0 saturated carbocycles. The fraction of sp³-hybridized carbons (Fsp3) is 0. The lowest BCUT2D eigenvalue weighted by atomic mass is 10.0. The largest absolute Gasteiger partial charge is 0.309 e. The van der Waals surface area contributed by atoms with Crippen molar-refractivity contribution in [1.29, 1.82) is 0 Å². The third-order valence-corrected chi connectivity index (χ3v) is 9.48. The summed E-state index contributed by atoms with van der Waals surface area (Å²) in [6, 6.07) is 60.0. The molecule has 0 aliphatic heterocycles. The molecule has 0 fully saturated rings. The molecule has 4 heteroatoms. The van der Waals surface area contributed by atoms with Gasteiger partial charge in [0.05, 0.1) is 44.5 Å². The second-order valence-electron chi connectivity index (χ2n) is 12.2. The van der Waals surface area contributed by atoms with Gasteiger partial charge >= 0.3 is 0 Å². The van der Waals surface area contributed by atoms with Gasteiger partial charge in [-0.3, -0.25) is 0 Å². The first-order chi connectivity index (χ1) is 23.8. The Balaban J connectivity index is 1.26. The summed E-state index contributed by atoms with van der Waals surface area (Å²) in [5.74, 6) is 0. The molecule has 3 heterocycles. The Morgan fingerprint density at radius 3 is 1.42 bits per heavy atom. The minimum Gasteiger partial charge on any atom is -0.309 e. The first-order valence-electron chi connectivity index (χ1n) is 16.3. The van der Waals surface area contributed by atoms with Crippen molar-refractivity contribution in [2.75, 3.05) is 0 Å². The lowest BCUT2D eigenvalue weighted by Crippen LogP contribution is -1.98. The van der Waals surface area contributed by atoms with Gasteiger partial charge in [0.25, 0.3) is 0 Å². The number of rotatable bonds is 4. The van der Waals surface area contributed by atoms with E-state index in [4.69, 9.17) is 9.97 Å². The van der Waals surface area contributed by atoms with E-state index in [9.17, 15) is 0 Å². The predicted octanol–water partition coefficient (Wildman–Crippen LogP) is 11.2. The van der Waals surface area contributed by atoms with Crippen molar-refractivity contribution in [3.05, 3.63) is 170 Å². The van der Waals surface area contributed by atoms with Gasteiger partial charge in [-0.25, -0.2) is 9.97 Å². The van der Waals surface area contributed by atoms with Crippen LogP contribution in [0.3, 0.4) is 0 Å². The summed E-state index contributed by atoms with van der Waals surface area (Å²) in [4.78, 5) is 10.3. The monoisotopic (exact) mass is 612 g/mol. The van der Waals surface area contributed by atoms with E-state index in [0.717, 1.165) is 44.9 Å². The Morgan fingerprint density at radius 2 is 0.792 bits per heavy atom. The maximum Gasteiger partial charge on any atom is 0.0973 e. The van der Waals surface area contributed by atoms with E-state index < -0.39 is 0 Å². The highest BCUT2D eigenvalue weighted by Crippen LogP contribution is 2.42. The number of fused-ring (bicyclic) bond motifs is 8. The molecule has 0 amide bonds. The standard InChI is InChI=1S/C44H28N4/c1-3-14-29(15-4-1)43-44(46-36-23-10-9-22-35(36)45-43)30-16-13-19-32(28-30)48-38-25-12-8-21-34(38)42-40(48)27-26-39-41(42)33-20-7-11-24-37(33)47(39)31-17-5-2-6-18-31/h1-28H. The summed E-state index contributed by atoms with van der Waals surface area (Å²) >= 11 is 0. The summed E-state index contributed by atoms with van der Waals surface area (Å²) in [6.45, 7) is 0. The minimum absolute atomic E-state index is 0.871. The summed E-state index contributed by atoms with van der Waals surface area (Å²) in [7, 11) is 0. The predicted molar refractivity (Wildman–Crippen MR) is 199 cm³/mol. The van der Waals surface area contributed by atoms with Crippen LogP contribution < -0.4 is 0 Å². The number of hydrogen-bond acceptors (Lipinski definition) is 2. The molecule has 0 bridgehead atoms. The Labute approximate surface area is 276 Å². The molecule has 10 aromatic rings. The number of nitrogens with zero attached hydrogens (tertiary/aromatic N) is 4. The van der Waals surface area contributed by atoms with Gasteiger partial charge in [-0.1, -0.05) is 109 Å². The van der Waals surface area contributed by atoms with Crippen LogP contribution in [-0.4, -0.2) is 19.1 Å². The lowest BCUT2D eigenvalue weighted by molar-refractivity contribution is 1.17. The van der Waals surface area contributed by atoms with Crippen LogP contribution in [-0.2, 0) is 0 Å². The van der Waals surface area contributed by atoms with Crippen LogP contribution in [0.2, 0.25) is 0 Å². The fourth-order valence-electron chi connectivity index (χ4n) is 7.44. The summed E-state index contributed by atoms with van der Waals surface area (Å²) in [6.07, 6.45) is 0. The quantitative estimate of drug-likeness (QED) is 0.198. The smallest absolute Gasteiger partial charge is 0.0973 e. The maximum absolute atomic E-state index is 5.20. The van der Waals surface area contributed by atoms with E-state index >= 15 is 0 Å². The van der Waals surface area contributed by atoms with Crippen molar-refractivity contribution < 1.29 is 0 Å². The normalized spacial score (nSPS) is 11.8. The zero-order valence-corrected chi connectivity index (χ0v) is 26.0. The van der Waals surface area contributed by atoms with Crippen molar-refractivity contribution in [3.8, 4) is 33.9 Å². The van der Waals surface area contributed by atoms with Gasteiger partial charge in [0.1, 0.15) is 0 Å². The van der Waals surface area contributed by atoms with Gasteiger partial charge in [-0.05, 0) is 60.7 Å². The molecule has 0 saturated heterocycles. The average molecular weight is 613 g/mol. The third-order valence-electron chi connectivity index (χ3n) is 9.48. The SMILES string of the molecule is c1ccc(-c2nc3ccccc3nc2-c2cccc(-n3c4ccccc4c4c5c6ccccc6n(-c6ccccc6)c5ccc43)c2)cc1. The third kappa shape index (κ3) is 3.96. The molecule has 0 atom stereocenters. The van der Waals surface area contributed by atoms with Crippen LogP contribution in [0.4, 0.5) is 0 Å². The summed E-state index contributed by atoms with van der Waals surface area (Å²) in [5.41, 5.74) is 12.6. The van der Waals surface area contributed by atoms with Crippen molar-refractivity contribution >= 4 is 54.6 Å². The molecule has 10 rings (SSSR count).